The summed E-state index contributed by atoms with van der Waals surface area (Å²) in [5, 5.41) is 8.63. The zero-order valence-corrected chi connectivity index (χ0v) is 8.41. The number of phenolic OH excluding ortho intramolecular Hbond substituents is 1. The van der Waals surface area contributed by atoms with E-state index in [0.717, 1.165) is 0 Å². The predicted molar refractivity (Wildman–Crippen MR) is 61.2 cm³/mol. The normalized spacial score (nSPS) is 9.00. The molecule has 0 amide bonds. The van der Waals surface area contributed by atoms with Gasteiger partial charge >= 0.3 is 0 Å². The van der Waals surface area contributed by atoms with E-state index < -0.39 is 0 Å². The Labute approximate surface area is 92.0 Å². The van der Waals surface area contributed by atoms with Crippen molar-refractivity contribution in [2.45, 2.75) is 0 Å². The minimum Gasteiger partial charge on any atom is -0.508 e. The van der Waals surface area contributed by atoms with Crippen molar-refractivity contribution in [1.29, 1.82) is 0 Å². The Balaban J connectivity index is 0.000000165. The molecule has 2 rings (SSSR count). The number of nitrogens with zero attached hydrogens (tertiary/aromatic N) is 3. The molecule has 0 radical (unpaired) electrons. The number of nitrogens with two attached hydrogens (primary N) is 3. The second kappa shape index (κ2) is 5.35. The van der Waals surface area contributed by atoms with Crippen LogP contribution in [0.1, 0.15) is 0 Å². The first-order valence-corrected chi connectivity index (χ1v) is 4.34. The van der Waals surface area contributed by atoms with Crippen LogP contribution < -0.4 is 17.2 Å². The van der Waals surface area contributed by atoms with E-state index in [9.17, 15) is 0 Å². The van der Waals surface area contributed by atoms with Gasteiger partial charge in [-0.05, 0) is 12.1 Å². The van der Waals surface area contributed by atoms with E-state index in [1.165, 1.54) is 0 Å². The van der Waals surface area contributed by atoms with Crippen LogP contribution in [0.3, 0.4) is 0 Å². The summed E-state index contributed by atoms with van der Waals surface area (Å²) >= 11 is 0. The van der Waals surface area contributed by atoms with Crippen LogP contribution in [-0.2, 0) is 0 Å². The summed E-state index contributed by atoms with van der Waals surface area (Å²) < 4.78 is 0. The third-order valence-electron chi connectivity index (χ3n) is 1.44. The maximum Gasteiger partial charge on any atom is 0.226 e. The second-order valence-corrected chi connectivity index (χ2v) is 2.75. The number of aromatic nitrogens is 3. The van der Waals surface area contributed by atoms with Crippen molar-refractivity contribution < 1.29 is 5.11 Å². The summed E-state index contributed by atoms with van der Waals surface area (Å²) in [5.74, 6) is 0.447. The molecule has 0 atom stereocenters. The number of phenols is 1. The quantitative estimate of drug-likeness (QED) is 0.490. The van der Waals surface area contributed by atoms with Gasteiger partial charge in [0.2, 0.25) is 17.8 Å². The molecular weight excluding hydrogens is 208 g/mol. The Kier molecular flexibility index (Phi) is 3.84. The zero-order chi connectivity index (χ0) is 12.0. The lowest BCUT2D eigenvalue weighted by Gasteiger charge is -1.93. The molecule has 7 heteroatoms. The highest BCUT2D eigenvalue weighted by Crippen LogP contribution is 2.02. The number of nitrogen functional groups attached to an aromatic ring is 3. The number of benzene rings is 1. The fraction of sp³-hybridized carbons (Fsp3) is 0. The zero-order valence-electron chi connectivity index (χ0n) is 8.41. The number of hydrogen-bond acceptors (Lipinski definition) is 7. The van der Waals surface area contributed by atoms with Gasteiger partial charge in [-0.1, -0.05) is 18.2 Å². The average molecular weight is 220 g/mol. The van der Waals surface area contributed by atoms with E-state index in [1.54, 1.807) is 24.3 Å². The Morgan fingerprint density at radius 1 is 0.750 bits per heavy atom. The molecule has 16 heavy (non-hydrogen) atoms. The van der Waals surface area contributed by atoms with Crippen LogP contribution in [0, 0.1) is 0 Å². The number of aromatic hydroxyl groups is 1. The molecule has 0 bridgehead atoms. The second-order valence-electron chi connectivity index (χ2n) is 2.75. The van der Waals surface area contributed by atoms with Crippen molar-refractivity contribution in [2.75, 3.05) is 17.2 Å². The van der Waals surface area contributed by atoms with Gasteiger partial charge in [-0.3, -0.25) is 0 Å². The molecule has 0 spiro atoms. The number of para-hydroxylation sites is 1. The molecule has 0 unspecified atom stereocenters. The Bertz CT molecular complexity index is 397. The summed E-state index contributed by atoms with van der Waals surface area (Å²) in [6.07, 6.45) is 0. The summed E-state index contributed by atoms with van der Waals surface area (Å²) in [4.78, 5) is 10.5. The van der Waals surface area contributed by atoms with Crippen molar-refractivity contribution in [2.24, 2.45) is 0 Å². The summed E-state index contributed by atoms with van der Waals surface area (Å²) in [6, 6.07) is 8.71. The van der Waals surface area contributed by atoms with Crippen LogP contribution in [0.15, 0.2) is 30.3 Å². The highest BCUT2D eigenvalue weighted by atomic mass is 16.3. The summed E-state index contributed by atoms with van der Waals surface area (Å²) in [5.41, 5.74) is 15.4. The molecule has 1 aromatic carbocycles. The van der Waals surface area contributed by atoms with Gasteiger partial charge in [0.1, 0.15) is 5.75 Å². The van der Waals surface area contributed by atoms with Crippen LogP contribution in [0.4, 0.5) is 17.8 Å². The lowest BCUT2D eigenvalue weighted by molar-refractivity contribution is 0.475. The van der Waals surface area contributed by atoms with E-state index in [2.05, 4.69) is 15.0 Å². The Morgan fingerprint density at radius 3 is 1.38 bits per heavy atom. The first kappa shape index (κ1) is 11.5. The van der Waals surface area contributed by atoms with Gasteiger partial charge in [-0.25, -0.2) is 0 Å². The fourth-order valence-electron chi connectivity index (χ4n) is 0.855. The topological polar surface area (TPSA) is 137 Å². The highest BCUT2D eigenvalue weighted by molar-refractivity contribution is 5.33. The molecular formula is C9H12N6O. The van der Waals surface area contributed by atoms with Crippen LogP contribution in [0.2, 0.25) is 0 Å². The third kappa shape index (κ3) is 4.09. The maximum absolute atomic E-state index is 8.63. The van der Waals surface area contributed by atoms with Crippen molar-refractivity contribution in [3.05, 3.63) is 30.3 Å². The van der Waals surface area contributed by atoms with Gasteiger partial charge in [0.05, 0.1) is 0 Å². The number of anilines is 3. The first-order valence-electron chi connectivity index (χ1n) is 4.34. The van der Waals surface area contributed by atoms with Gasteiger partial charge < -0.3 is 22.3 Å². The van der Waals surface area contributed by atoms with Crippen molar-refractivity contribution in [3.8, 4) is 5.75 Å². The molecule has 2 aromatic rings. The molecule has 0 aliphatic carbocycles. The lowest BCUT2D eigenvalue weighted by Crippen LogP contribution is -2.05. The predicted octanol–water partition coefficient (Wildman–Crippen LogP) is 0.0104. The Morgan fingerprint density at radius 2 is 1.12 bits per heavy atom. The van der Waals surface area contributed by atoms with Crippen LogP contribution in [0.25, 0.3) is 0 Å². The molecule has 0 aliphatic heterocycles. The van der Waals surface area contributed by atoms with Crippen molar-refractivity contribution in [1.82, 2.24) is 15.0 Å². The van der Waals surface area contributed by atoms with Crippen molar-refractivity contribution in [3.63, 3.8) is 0 Å². The van der Waals surface area contributed by atoms with Gasteiger partial charge in [0.15, 0.2) is 0 Å². The maximum atomic E-state index is 8.63. The molecule has 7 N–H and O–H groups in total. The molecule has 0 aliphatic rings. The molecule has 0 fully saturated rings. The fourth-order valence-corrected chi connectivity index (χ4v) is 0.855. The minimum atomic E-state index is 0.0417. The lowest BCUT2D eigenvalue weighted by atomic mass is 10.3. The van der Waals surface area contributed by atoms with E-state index >= 15 is 0 Å². The average Bonchev–Trinajstić information content (AvgIpc) is 2.17. The van der Waals surface area contributed by atoms with Crippen LogP contribution in [-0.4, -0.2) is 20.1 Å². The van der Waals surface area contributed by atoms with Gasteiger partial charge in [0.25, 0.3) is 0 Å². The smallest absolute Gasteiger partial charge is 0.226 e. The standard InChI is InChI=1S/C6H6O.C3H6N6/c7-6-4-2-1-3-5-6;4-1-7-2(5)9-3(6)8-1/h1-5,7H;(H6,4,5,6,7,8,9). The monoisotopic (exact) mass is 220 g/mol. The highest BCUT2D eigenvalue weighted by Gasteiger charge is 1.93. The van der Waals surface area contributed by atoms with E-state index in [1.807, 2.05) is 6.07 Å². The van der Waals surface area contributed by atoms with Gasteiger partial charge in [-0.15, -0.1) is 0 Å². The summed E-state index contributed by atoms with van der Waals surface area (Å²) in [6.45, 7) is 0. The number of rotatable bonds is 0. The Hall–Kier alpha value is -2.57. The molecule has 0 saturated heterocycles. The third-order valence-corrected chi connectivity index (χ3v) is 1.44. The molecule has 7 nitrogen and oxygen atoms in total. The van der Waals surface area contributed by atoms with Crippen LogP contribution >= 0.6 is 0 Å². The van der Waals surface area contributed by atoms with Gasteiger partial charge in [-0.2, -0.15) is 15.0 Å². The van der Waals surface area contributed by atoms with Crippen LogP contribution in [0.5, 0.6) is 5.75 Å². The molecule has 1 heterocycles. The molecule has 84 valence electrons. The van der Waals surface area contributed by atoms with E-state index in [-0.39, 0.29) is 17.8 Å². The minimum absolute atomic E-state index is 0.0417. The number of hydrogen-bond donors (Lipinski definition) is 4. The summed E-state index contributed by atoms with van der Waals surface area (Å²) in [7, 11) is 0. The molecule has 1 aromatic heterocycles. The largest absolute Gasteiger partial charge is 0.508 e. The van der Waals surface area contributed by atoms with Crippen molar-refractivity contribution >= 4 is 17.8 Å². The SMILES string of the molecule is Nc1nc(N)nc(N)n1.Oc1ccccc1. The molecule has 0 saturated carbocycles. The van der Waals surface area contributed by atoms with Gasteiger partial charge in [0, 0.05) is 0 Å². The van der Waals surface area contributed by atoms with E-state index in [4.69, 9.17) is 22.3 Å². The van der Waals surface area contributed by atoms with E-state index in [0.29, 0.717) is 5.75 Å². The first-order chi connectivity index (χ1) is 7.58.